The van der Waals surface area contributed by atoms with E-state index in [1.165, 1.54) is 0 Å². The summed E-state index contributed by atoms with van der Waals surface area (Å²) in [4.78, 5) is 11.9. The largest absolute Gasteiger partial charge is 0.396 e. The van der Waals surface area contributed by atoms with Gasteiger partial charge in [-0.25, -0.2) is 0 Å². The maximum absolute atomic E-state index is 11.9. The number of benzene rings is 1. The second-order valence-corrected chi connectivity index (χ2v) is 5.30. The number of thioether (sulfide) groups is 1. The van der Waals surface area contributed by atoms with Gasteiger partial charge in [0.2, 0.25) is 0 Å². The number of carbonyl (C=O) groups excluding carboxylic acids is 1. The van der Waals surface area contributed by atoms with Gasteiger partial charge in [-0.15, -0.1) is 0 Å². The number of hydrogen-bond donors (Lipinski definition) is 1. The van der Waals surface area contributed by atoms with Crippen LogP contribution in [-0.2, 0) is 0 Å². The Hall–Kier alpha value is -0.800. The van der Waals surface area contributed by atoms with Crippen LogP contribution in [-0.4, -0.2) is 28.5 Å². The lowest BCUT2D eigenvalue weighted by atomic mass is 10.1. The Morgan fingerprint density at radius 2 is 2.12 bits per heavy atom. The van der Waals surface area contributed by atoms with Gasteiger partial charge in [0.15, 0.2) is 5.78 Å². The predicted octanol–water partition coefficient (Wildman–Crippen LogP) is 2.68. The van der Waals surface area contributed by atoms with Crippen LogP contribution in [0.1, 0.15) is 29.3 Å². The highest BCUT2D eigenvalue weighted by atomic mass is 32.2. The Labute approximate surface area is 101 Å². The zero-order chi connectivity index (χ0) is 12.0. The van der Waals surface area contributed by atoms with Gasteiger partial charge in [0.1, 0.15) is 0 Å². The molecule has 1 aromatic carbocycles. The third kappa shape index (κ3) is 3.99. The van der Waals surface area contributed by atoms with Crippen LogP contribution in [0, 0.1) is 6.92 Å². The summed E-state index contributed by atoms with van der Waals surface area (Å²) >= 11 is 1.60. The molecule has 0 radical (unpaired) electrons. The average molecular weight is 238 g/mol. The van der Waals surface area contributed by atoms with E-state index >= 15 is 0 Å². The van der Waals surface area contributed by atoms with E-state index < -0.39 is 0 Å². The van der Waals surface area contributed by atoms with Gasteiger partial charge in [-0.1, -0.05) is 31.2 Å². The zero-order valence-corrected chi connectivity index (χ0v) is 10.6. The Kier molecular flexibility index (Phi) is 5.56. The van der Waals surface area contributed by atoms with Crippen molar-refractivity contribution in [3.05, 3.63) is 35.4 Å². The summed E-state index contributed by atoms with van der Waals surface area (Å²) in [7, 11) is 0. The smallest absolute Gasteiger partial charge is 0.172 e. The molecule has 0 aromatic heterocycles. The molecule has 0 saturated carbocycles. The Morgan fingerprint density at radius 1 is 1.44 bits per heavy atom. The van der Waals surface area contributed by atoms with Crippen LogP contribution in [0.2, 0.25) is 0 Å². The Bertz CT molecular complexity index is 350. The van der Waals surface area contributed by atoms with Crippen LogP contribution in [0.15, 0.2) is 24.3 Å². The summed E-state index contributed by atoms with van der Waals surface area (Å²) < 4.78 is 0. The molecule has 0 spiro atoms. The molecule has 0 saturated heterocycles. The van der Waals surface area contributed by atoms with Crippen molar-refractivity contribution in [2.45, 2.75) is 25.5 Å². The van der Waals surface area contributed by atoms with Crippen LogP contribution >= 0.6 is 11.8 Å². The quantitative estimate of drug-likeness (QED) is 0.774. The fraction of sp³-hybridized carbons (Fsp3) is 0.462. The number of Topliss-reactive ketones (excluding diaryl/α,β-unsaturated/α-hetero) is 1. The fourth-order valence-corrected chi connectivity index (χ4v) is 2.31. The van der Waals surface area contributed by atoms with Gasteiger partial charge >= 0.3 is 0 Å². The predicted molar refractivity (Wildman–Crippen MR) is 69.1 cm³/mol. The van der Waals surface area contributed by atoms with E-state index in [0.717, 1.165) is 17.5 Å². The number of hydrogen-bond acceptors (Lipinski definition) is 3. The molecule has 0 aliphatic rings. The first-order valence-corrected chi connectivity index (χ1v) is 6.51. The number of aliphatic hydroxyl groups is 1. The number of aliphatic hydroxyl groups excluding tert-OH is 1. The van der Waals surface area contributed by atoms with Crippen molar-refractivity contribution in [3.63, 3.8) is 0 Å². The van der Waals surface area contributed by atoms with Crippen LogP contribution < -0.4 is 0 Å². The van der Waals surface area contributed by atoms with Crippen molar-refractivity contribution in [2.75, 3.05) is 12.4 Å². The van der Waals surface area contributed by atoms with E-state index in [4.69, 9.17) is 5.11 Å². The fourth-order valence-electron chi connectivity index (χ4n) is 1.45. The van der Waals surface area contributed by atoms with E-state index in [-0.39, 0.29) is 12.4 Å². The molecule has 0 bridgehead atoms. The summed E-state index contributed by atoms with van der Waals surface area (Å²) in [5, 5.41) is 9.10. The SMILES string of the molecule is Cc1ccccc1C(=O)CSC(C)CCO. The highest BCUT2D eigenvalue weighted by Crippen LogP contribution is 2.17. The minimum Gasteiger partial charge on any atom is -0.396 e. The van der Waals surface area contributed by atoms with E-state index in [9.17, 15) is 4.79 Å². The van der Waals surface area contributed by atoms with E-state index in [2.05, 4.69) is 0 Å². The first-order valence-electron chi connectivity index (χ1n) is 5.46. The van der Waals surface area contributed by atoms with Gasteiger partial charge in [-0.3, -0.25) is 4.79 Å². The maximum atomic E-state index is 11.9. The summed E-state index contributed by atoms with van der Waals surface area (Å²) in [6.07, 6.45) is 0.742. The zero-order valence-electron chi connectivity index (χ0n) is 9.77. The molecule has 88 valence electrons. The minimum absolute atomic E-state index is 0.174. The molecule has 0 aliphatic carbocycles. The van der Waals surface area contributed by atoms with Crippen molar-refractivity contribution in [2.24, 2.45) is 0 Å². The van der Waals surface area contributed by atoms with E-state index in [1.807, 2.05) is 38.1 Å². The minimum atomic E-state index is 0.174. The molecule has 0 fully saturated rings. The van der Waals surface area contributed by atoms with Crippen molar-refractivity contribution < 1.29 is 9.90 Å². The number of carbonyl (C=O) groups is 1. The lowest BCUT2D eigenvalue weighted by Crippen LogP contribution is -2.09. The average Bonchev–Trinajstić information content (AvgIpc) is 2.27. The summed E-state index contributed by atoms with van der Waals surface area (Å²) in [5.74, 6) is 0.666. The molecule has 1 N–H and O–H groups in total. The second kappa shape index (κ2) is 6.71. The monoisotopic (exact) mass is 238 g/mol. The molecule has 2 nitrogen and oxygen atoms in total. The van der Waals surface area contributed by atoms with Gasteiger partial charge in [-0.2, -0.15) is 11.8 Å². The van der Waals surface area contributed by atoms with Crippen molar-refractivity contribution >= 4 is 17.5 Å². The first kappa shape index (κ1) is 13.3. The van der Waals surface area contributed by atoms with Crippen molar-refractivity contribution in [3.8, 4) is 0 Å². The Balaban J connectivity index is 2.50. The summed E-state index contributed by atoms with van der Waals surface area (Å²) in [6.45, 7) is 4.17. The van der Waals surface area contributed by atoms with Crippen LogP contribution in [0.25, 0.3) is 0 Å². The molecule has 1 unspecified atom stereocenters. The van der Waals surface area contributed by atoms with Crippen LogP contribution in [0.3, 0.4) is 0 Å². The molecule has 0 heterocycles. The molecular formula is C13H18O2S. The number of rotatable bonds is 6. The number of aryl methyl sites for hydroxylation is 1. The molecular weight excluding hydrogens is 220 g/mol. The number of ketones is 1. The molecule has 0 amide bonds. The standard InChI is InChI=1S/C13H18O2S/c1-10-5-3-4-6-12(10)13(15)9-16-11(2)7-8-14/h3-6,11,14H,7-9H2,1-2H3. The van der Waals surface area contributed by atoms with Crippen LogP contribution in [0.5, 0.6) is 0 Å². The normalized spacial score (nSPS) is 12.4. The molecule has 1 aromatic rings. The molecule has 1 rings (SSSR count). The van der Waals surface area contributed by atoms with Gasteiger partial charge < -0.3 is 5.11 Å². The van der Waals surface area contributed by atoms with E-state index in [1.54, 1.807) is 11.8 Å². The third-order valence-electron chi connectivity index (χ3n) is 2.48. The van der Waals surface area contributed by atoms with Gasteiger partial charge in [0, 0.05) is 17.4 Å². The topological polar surface area (TPSA) is 37.3 Å². The van der Waals surface area contributed by atoms with Gasteiger partial charge in [-0.05, 0) is 18.9 Å². The van der Waals surface area contributed by atoms with Crippen molar-refractivity contribution in [1.82, 2.24) is 0 Å². The third-order valence-corrected chi connectivity index (χ3v) is 3.71. The first-order chi connectivity index (χ1) is 7.65. The Morgan fingerprint density at radius 3 is 2.75 bits per heavy atom. The lowest BCUT2D eigenvalue weighted by molar-refractivity contribution is 0.102. The van der Waals surface area contributed by atoms with Crippen molar-refractivity contribution in [1.29, 1.82) is 0 Å². The van der Waals surface area contributed by atoms with Crippen LogP contribution in [0.4, 0.5) is 0 Å². The summed E-state index contributed by atoms with van der Waals surface area (Å²) in [6, 6.07) is 7.65. The molecule has 3 heteroatoms. The van der Waals surface area contributed by atoms with E-state index in [0.29, 0.717) is 11.0 Å². The second-order valence-electron chi connectivity index (χ2n) is 3.87. The molecule has 1 atom stereocenters. The highest BCUT2D eigenvalue weighted by molar-refractivity contribution is 8.00. The summed E-state index contributed by atoms with van der Waals surface area (Å²) in [5.41, 5.74) is 1.84. The van der Waals surface area contributed by atoms with Gasteiger partial charge in [0.25, 0.3) is 0 Å². The van der Waals surface area contributed by atoms with Gasteiger partial charge in [0.05, 0.1) is 5.75 Å². The highest BCUT2D eigenvalue weighted by Gasteiger charge is 2.10. The molecule has 16 heavy (non-hydrogen) atoms. The maximum Gasteiger partial charge on any atom is 0.172 e. The molecule has 0 aliphatic heterocycles. The lowest BCUT2D eigenvalue weighted by Gasteiger charge is -2.09.